The van der Waals surface area contributed by atoms with Gasteiger partial charge in [0, 0.05) is 18.2 Å². The SMILES string of the molecule is CC(O)Cc1cccnc1F. The van der Waals surface area contributed by atoms with Crippen LogP contribution in [-0.4, -0.2) is 16.2 Å². The lowest BCUT2D eigenvalue weighted by atomic mass is 10.1. The largest absolute Gasteiger partial charge is 0.393 e. The predicted octanol–water partition coefficient (Wildman–Crippen LogP) is 1.14. The van der Waals surface area contributed by atoms with Crippen LogP contribution < -0.4 is 0 Å². The van der Waals surface area contributed by atoms with Gasteiger partial charge in [-0.3, -0.25) is 0 Å². The van der Waals surface area contributed by atoms with Gasteiger partial charge in [-0.25, -0.2) is 4.98 Å². The van der Waals surface area contributed by atoms with E-state index in [1.165, 1.54) is 6.20 Å². The Morgan fingerprint density at radius 2 is 2.45 bits per heavy atom. The third kappa shape index (κ3) is 2.27. The van der Waals surface area contributed by atoms with E-state index in [1.54, 1.807) is 19.1 Å². The van der Waals surface area contributed by atoms with Crippen molar-refractivity contribution >= 4 is 0 Å². The van der Waals surface area contributed by atoms with Crippen LogP contribution in [0.5, 0.6) is 0 Å². The minimum absolute atomic E-state index is 0.319. The number of nitrogens with zero attached hydrogens (tertiary/aromatic N) is 1. The Labute approximate surface area is 64.7 Å². The van der Waals surface area contributed by atoms with Crippen LogP contribution in [0.15, 0.2) is 18.3 Å². The number of aliphatic hydroxyl groups excluding tert-OH is 1. The first-order valence-electron chi connectivity index (χ1n) is 3.47. The van der Waals surface area contributed by atoms with Crippen molar-refractivity contribution in [2.45, 2.75) is 19.4 Å². The minimum atomic E-state index is -0.520. The van der Waals surface area contributed by atoms with Crippen molar-refractivity contribution < 1.29 is 9.50 Å². The summed E-state index contributed by atoms with van der Waals surface area (Å²) in [7, 11) is 0. The van der Waals surface area contributed by atoms with E-state index in [0.29, 0.717) is 12.0 Å². The van der Waals surface area contributed by atoms with Crippen LogP contribution >= 0.6 is 0 Å². The fraction of sp³-hybridized carbons (Fsp3) is 0.375. The van der Waals surface area contributed by atoms with Crippen molar-refractivity contribution in [3.63, 3.8) is 0 Å². The average Bonchev–Trinajstić information content (AvgIpc) is 1.93. The van der Waals surface area contributed by atoms with E-state index < -0.39 is 12.1 Å². The minimum Gasteiger partial charge on any atom is -0.393 e. The van der Waals surface area contributed by atoms with Crippen LogP contribution in [0.4, 0.5) is 4.39 Å². The van der Waals surface area contributed by atoms with Crippen LogP contribution in [-0.2, 0) is 6.42 Å². The first kappa shape index (κ1) is 8.14. The maximum atomic E-state index is 12.7. The van der Waals surface area contributed by atoms with Gasteiger partial charge in [0.1, 0.15) is 0 Å². The number of aliphatic hydroxyl groups is 1. The summed E-state index contributed by atoms with van der Waals surface area (Å²) in [4.78, 5) is 3.45. The highest BCUT2D eigenvalue weighted by atomic mass is 19.1. The van der Waals surface area contributed by atoms with Gasteiger partial charge in [-0.05, 0) is 13.0 Å². The first-order chi connectivity index (χ1) is 5.20. The summed E-state index contributed by atoms with van der Waals surface area (Å²) in [5, 5.41) is 8.94. The second-order valence-corrected chi connectivity index (χ2v) is 2.51. The summed E-state index contributed by atoms with van der Waals surface area (Å²) in [5.41, 5.74) is 0.461. The monoisotopic (exact) mass is 155 g/mol. The molecule has 2 nitrogen and oxygen atoms in total. The lowest BCUT2D eigenvalue weighted by molar-refractivity contribution is 0.193. The molecule has 0 saturated heterocycles. The number of aromatic nitrogens is 1. The predicted molar refractivity (Wildman–Crippen MR) is 39.6 cm³/mol. The number of rotatable bonds is 2. The molecule has 0 aromatic carbocycles. The smallest absolute Gasteiger partial charge is 0.216 e. The highest BCUT2D eigenvalue weighted by Gasteiger charge is 2.04. The molecular formula is C8H10FNO. The summed E-state index contributed by atoms with van der Waals surface area (Å²) < 4.78 is 12.7. The molecule has 0 radical (unpaired) electrons. The zero-order valence-corrected chi connectivity index (χ0v) is 6.29. The van der Waals surface area contributed by atoms with Crippen molar-refractivity contribution in [3.8, 4) is 0 Å². The molecule has 0 aliphatic heterocycles. The topological polar surface area (TPSA) is 33.1 Å². The van der Waals surface area contributed by atoms with Gasteiger partial charge in [0.15, 0.2) is 0 Å². The van der Waals surface area contributed by atoms with Gasteiger partial charge in [0.05, 0.1) is 6.10 Å². The third-order valence-corrected chi connectivity index (χ3v) is 1.35. The fourth-order valence-electron chi connectivity index (χ4n) is 0.890. The summed E-state index contributed by atoms with van der Waals surface area (Å²) in [6.07, 6.45) is 1.19. The van der Waals surface area contributed by atoms with Crippen LogP contribution in [0.3, 0.4) is 0 Å². The molecule has 0 aliphatic carbocycles. The van der Waals surface area contributed by atoms with Crippen LogP contribution in [0.25, 0.3) is 0 Å². The molecule has 0 spiro atoms. The van der Waals surface area contributed by atoms with Gasteiger partial charge in [-0.15, -0.1) is 0 Å². The van der Waals surface area contributed by atoms with E-state index in [4.69, 9.17) is 5.11 Å². The number of halogens is 1. The Hall–Kier alpha value is -0.960. The maximum absolute atomic E-state index is 12.7. The molecule has 0 amide bonds. The average molecular weight is 155 g/mol. The van der Waals surface area contributed by atoms with E-state index in [0.717, 1.165) is 0 Å². The highest BCUT2D eigenvalue weighted by Crippen LogP contribution is 2.05. The van der Waals surface area contributed by atoms with Gasteiger partial charge >= 0.3 is 0 Å². The lowest BCUT2D eigenvalue weighted by Gasteiger charge is -2.03. The van der Waals surface area contributed by atoms with Crippen molar-refractivity contribution in [1.29, 1.82) is 0 Å². The Bertz CT molecular complexity index is 237. The summed E-state index contributed by atoms with van der Waals surface area (Å²) in [6, 6.07) is 3.27. The first-order valence-corrected chi connectivity index (χ1v) is 3.47. The number of pyridine rings is 1. The zero-order chi connectivity index (χ0) is 8.27. The van der Waals surface area contributed by atoms with E-state index in [2.05, 4.69) is 4.98 Å². The van der Waals surface area contributed by atoms with Gasteiger partial charge < -0.3 is 5.11 Å². The molecule has 0 fully saturated rings. The Balaban J connectivity index is 2.78. The molecule has 1 unspecified atom stereocenters. The molecule has 1 heterocycles. The molecule has 60 valence electrons. The van der Waals surface area contributed by atoms with Gasteiger partial charge in [-0.1, -0.05) is 6.07 Å². The second kappa shape index (κ2) is 3.44. The molecule has 1 N–H and O–H groups in total. The van der Waals surface area contributed by atoms with E-state index in [-0.39, 0.29) is 0 Å². The number of hydrogen-bond acceptors (Lipinski definition) is 2. The molecule has 1 atom stereocenters. The molecule has 3 heteroatoms. The molecule has 0 bridgehead atoms. The molecule has 1 rings (SSSR count). The highest BCUT2D eigenvalue weighted by molar-refractivity contribution is 5.11. The van der Waals surface area contributed by atoms with Crippen molar-refractivity contribution in [3.05, 3.63) is 29.8 Å². The van der Waals surface area contributed by atoms with Crippen LogP contribution in [0.2, 0.25) is 0 Å². The molecular weight excluding hydrogens is 145 g/mol. The fourth-order valence-corrected chi connectivity index (χ4v) is 0.890. The Kier molecular flexibility index (Phi) is 2.54. The lowest BCUT2D eigenvalue weighted by Crippen LogP contribution is -2.06. The normalized spacial score (nSPS) is 13.0. The Morgan fingerprint density at radius 1 is 1.73 bits per heavy atom. The third-order valence-electron chi connectivity index (χ3n) is 1.35. The van der Waals surface area contributed by atoms with Crippen LogP contribution in [0, 0.1) is 5.95 Å². The summed E-state index contributed by atoms with van der Waals surface area (Å²) in [5.74, 6) is -0.492. The maximum Gasteiger partial charge on any atom is 0.216 e. The van der Waals surface area contributed by atoms with Crippen molar-refractivity contribution in [2.75, 3.05) is 0 Å². The molecule has 11 heavy (non-hydrogen) atoms. The van der Waals surface area contributed by atoms with Crippen LogP contribution in [0.1, 0.15) is 12.5 Å². The second-order valence-electron chi connectivity index (χ2n) is 2.51. The van der Waals surface area contributed by atoms with Crippen molar-refractivity contribution in [1.82, 2.24) is 4.98 Å². The Morgan fingerprint density at radius 3 is 3.00 bits per heavy atom. The molecule has 1 aromatic rings. The van der Waals surface area contributed by atoms with E-state index in [1.807, 2.05) is 0 Å². The van der Waals surface area contributed by atoms with E-state index in [9.17, 15) is 4.39 Å². The van der Waals surface area contributed by atoms with Gasteiger partial charge in [-0.2, -0.15) is 4.39 Å². The zero-order valence-electron chi connectivity index (χ0n) is 6.29. The standard InChI is InChI=1S/C8H10FNO/c1-6(11)5-7-3-2-4-10-8(7)9/h2-4,6,11H,5H2,1H3. The summed E-state index contributed by atoms with van der Waals surface area (Å²) in [6.45, 7) is 1.62. The van der Waals surface area contributed by atoms with Gasteiger partial charge in [0.2, 0.25) is 5.95 Å². The molecule has 1 aromatic heterocycles. The quantitative estimate of drug-likeness (QED) is 0.650. The summed E-state index contributed by atoms with van der Waals surface area (Å²) >= 11 is 0. The molecule has 0 aliphatic rings. The van der Waals surface area contributed by atoms with Crippen molar-refractivity contribution in [2.24, 2.45) is 0 Å². The molecule has 0 saturated carbocycles. The van der Waals surface area contributed by atoms with Gasteiger partial charge in [0.25, 0.3) is 0 Å². The number of hydrogen-bond donors (Lipinski definition) is 1. The van der Waals surface area contributed by atoms with E-state index >= 15 is 0 Å².